The molecule has 0 atom stereocenters. The summed E-state index contributed by atoms with van der Waals surface area (Å²) in [4.78, 5) is 11.6. The van der Waals surface area contributed by atoms with Crippen molar-refractivity contribution in [1.29, 1.82) is 0 Å². The molecule has 0 aliphatic rings. The van der Waals surface area contributed by atoms with Crippen LogP contribution in [0.25, 0.3) is 0 Å². The van der Waals surface area contributed by atoms with Crippen LogP contribution in [0.2, 0.25) is 0 Å². The third kappa shape index (κ3) is 21.4. The van der Waals surface area contributed by atoms with Gasteiger partial charge in [-0.1, -0.05) is 90.4 Å². The zero-order valence-electron chi connectivity index (χ0n) is 17.8. The minimum atomic E-state index is 0.108. The summed E-state index contributed by atoms with van der Waals surface area (Å²) in [6.45, 7) is 5.09. The molecule has 0 saturated heterocycles. The third-order valence-corrected chi connectivity index (χ3v) is 4.84. The van der Waals surface area contributed by atoms with Crippen molar-refractivity contribution in [1.82, 2.24) is 10.6 Å². The average Bonchev–Trinajstić information content (AvgIpc) is 2.64. The Morgan fingerprint density at radius 1 is 0.692 bits per heavy atom. The second kappa shape index (κ2) is 22.4. The van der Waals surface area contributed by atoms with Gasteiger partial charge in [0.25, 0.3) is 0 Å². The molecule has 0 aromatic carbocycles. The van der Waals surface area contributed by atoms with Crippen LogP contribution in [0.4, 0.5) is 0 Å². The molecule has 1 amide bonds. The van der Waals surface area contributed by atoms with Crippen LogP contribution in [0, 0.1) is 0 Å². The zero-order chi connectivity index (χ0) is 19.1. The van der Waals surface area contributed by atoms with Crippen LogP contribution < -0.4 is 10.6 Å². The maximum absolute atomic E-state index is 11.6. The van der Waals surface area contributed by atoms with Crippen molar-refractivity contribution in [2.24, 2.45) is 0 Å². The van der Waals surface area contributed by atoms with E-state index in [4.69, 9.17) is 4.74 Å². The fraction of sp³-hybridized carbons (Fsp3) is 0.955. The van der Waals surface area contributed by atoms with Crippen LogP contribution in [0.15, 0.2) is 0 Å². The molecule has 0 spiro atoms. The van der Waals surface area contributed by atoms with E-state index in [-0.39, 0.29) is 5.91 Å². The Labute approximate surface area is 163 Å². The van der Waals surface area contributed by atoms with Crippen molar-refractivity contribution in [2.75, 3.05) is 33.4 Å². The van der Waals surface area contributed by atoms with E-state index in [2.05, 4.69) is 17.6 Å². The first-order valence-electron chi connectivity index (χ1n) is 11.3. The lowest BCUT2D eigenvalue weighted by molar-refractivity contribution is -0.120. The summed E-state index contributed by atoms with van der Waals surface area (Å²) in [5.74, 6) is 0.108. The number of amides is 1. The lowest BCUT2D eigenvalue weighted by atomic mass is 10.0. The number of carbonyl (C=O) groups excluding carboxylic acids is 1. The molecule has 4 nitrogen and oxygen atoms in total. The lowest BCUT2D eigenvalue weighted by Gasteiger charge is -2.07. The molecule has 156 valence electrons. The molecule has 0 unspecified atom stereocenters. The molecule has 0 radical (unpaired) electrons. The van der Waals surface area contributed by atoms with E-state index >= 15 is 0 Å². The van der Waals surface area contributed by atoms with E-state index in [1.807, 2.05) is 0 Å². The fourth-order valence-electron chi connectivity index (χ4n) is 3.15. The topological polar surface area (TPSA) is 50.4 Å². The van der Waals surface area contributed by atoms with Gasteiger partial charge in [0.05, 0.1) is 6.54 Å². The van der Waals surface area contributed by atoms with Crippen molar-refractivity contribution in [3.05, 3.63) is 0 Å². The Bertz CT molecular complexity index is 285. The highest BCUT2D eigenvalue weighted by Crippen LogP contribution is 2.12. The fourth-order valence-corrected chi connectivity index (χ4v) is 3.15. The van der Waals surface area contributed by atoms with Crippen LogP contribution in [0.1, 0.15) is 103 Å². The van der Waals surface area contributed by atoms with E-state index in [9.17, 15) is 4.79 Å². The van der Waals surface area contributed by atoms with Gasteiger partial charge in [-0.25, -0.2) is 0 Å². The van der Waals surface area contributed by atoms with Crippen LogP contribution >= 0.6 is 0 Å². The monoisotopic (exact) mass is 370 g/mol. The first-order chi connectivity index (χ1) is 12.8. The number of hydrogen-bond donors (Lipinski definition) is 2. The molecular weight excluding hydrogens is 324 g/mol. The molecule has 2 N–H and O–H groups in total. The number of hydrogen-bond acceptors (Lipinski definition) is 3. The third-order valence-electron chi connectivity index (χ3n) is 4.84. The molecule has 0 rings (SSSR count). The maximum atomic E-state index is 11.6. The largest absolute Gasteiger partial charge is 0.385 e. The Hall–Kier alpha value is -0.610. The Morgan fingerprint density at radius 3 is 1.69 bits per heavy atom. The minimum Gasteiger partial charge on any atom is -0.385 e. The number of carbonyl (C=O) groups is 1. The van der Waals surface area contributed by atoms with Crippen LogP contribution in [-0.2, 0) is 9.53 Å². The van der Waals surface area contributed by atoms with E-state index < -0.39 is 0 Å². The zero-order valence-corrected chi connectivity index (χ0v) is 17.8. The highest BCUT2D eigenvalue weighted by atomic mass is 16.5. The summed E-state index contributed by atoms with van der Waals surface area (Å²) in [6.07, 6.45) is 20.1. The van der Waals surface area contributed by atoms with Gasteiger partial charge in [0.2, 0.25) is 5.91 Å². The number of nitrogens with one attached hydrogen (secondary N) is 2. The van der Waals surface area contributed by atoms with Crippen LogP contribution in [0.5, 0.6) is 0 Å². The average molecular weight is 371 g/mol. The number of unbranched alkanes of at least 4 members (excludes halogenated alkanes) is 13. The summed E-state index contributed by atoms with van der Waals surface area (Å²) in [5, 5.41) is 6.11. The Kier molecular flexibility index (Phi) is 21.9. The highest BCUT2D eigenvalue weighted by Gasteiger charge is 1.99. The van der Waals surface area contributed by atoms with Gasteiger partial charge in [-0.15, -0.1) is 0 Å². The normalized spacial score (nSPS) is 11.0. The molecule has 0 fully saturated rings. The van der Waals surface area contributed by atoms with E-state index in [0.29, 0.717) is 6.54 Å². The first-order valence-corrected chi connectivity index (χ1v) is 11.3. The number of methoxy groups -OCH3 is 1. The molecule has 0 aromatic heterocycles. The van der Waals surface area contributed by atoms with Gasteiger partial charge in [-0.05, 0) is 19.4 Å². The molecule has 0 saturated carbocycles. The molecule has 0 bridgehead atoms. The van der Waals surface area contributed by atoms with E-state index in [0.717, 1.165) is 32.5 Å². The molecule has 26 heavy (non-hydrogen) atoms. The van der Waals surface area contributed by atoms with Gasteiger partial charge < -0.3 is 15.4 Å². The predicted molar refractivity (Wildman–Crippen MR) is 113 cm³/mol. The van der Waals surface area contributed by atoms with Crippen LogP contribution in [0.3, 0.4) is 0 Å². The van der Waals surface area contributed by atoms with Gasteiger partial charge in [-0.2, -0.15) is 0 Å². The van der Waals surface area contributed by atoms with Crippen molar-refractivity contribution in [2.45, 2.75) is 103 Å². The number of rotatable bonds is 21. The summed E-state index contributed by atoms with van der Waals surface area (Å²) in [6, 6.07) is 0. The maximum Gasteiger partial charge on any atom is 0.233 e. The van der Waals surface area contributed by atoms with Crippen molar-refractivity contribution >= 4 is 5.91 Å². The SMILES string of the molecule is CCCCCCCCCCCCCCCCNC(=O)CNCCCOC. The second-order valence-electron chi connectivity index (χ2n) is 7.47. The van der Waals surface area contributed by atoms with Gasteiger partial charge in [0.15, 0.2) is 0 Å². The highest BCUT2D eigenvalue weighted by molar-refractivity contribution is 5.77. The Morgan fingerprint density at radius 2 is 1.19 bits per heavy atom. The van der Waals surface area contributed by atoms with Crippen LogP contribution in [-0.4, -0.2) is 39.3 Å². The van der Waals surface area contributed by atoms with Gasteiger partial charge in [-0.3, -0.25) is 4.79 Å². The molecule has 4 heteroatoms. The summed E-state index contributed by atoms with van der Waals surface area (Å²) in [7, 11) is 1.70. The summed E-state index contributed by atoms with van der Waals surface area (Å²) in [5.41, 5.74) is 0. The molecule has 0 aromatic rings. The molecule has 0 aliphatic carbocycles. The van der Waals surface area contributed by atoms with Crippen molar-refractivity contribution in [3.8, 4) is 0 Å². The molecular formula is C22H46N2O2. The summed E-state index contributed by atoms with van der Waals surface area (Å²) < 4.78 is 4.97. The molecule has 0 aliphatic heterocycles. The lowest BCUT2D eigenvalue weighted by Crippen LogP contribution is -2.34. The quantitative estimate of drug-likeness (QED) is 0.273. The van der Waals surface area contributed by atoms with Crippen molar-refractivity contribution in [3.63, 3.8) is 0 Å². The molecule has 0 heterocycles. The standard InChI is InChI=1S/C22H46N2O2/c1-3-4-5-6-7-8-9-10-11-12-13-14-15-16-19-24-22(25)21-23-18-17-20-26-2/h23H,3-21H2,1-2H3,(H,24,25). The smallest absolute Gasteiger partial charge is 0.233 e. The van der Waals surface area contributed by atoms with E-state index in [1.54, 1.807) is 7.11 Å². The van der Waals surface area contributed by atoms with Crippen molar-refractivity contribution < 1.29 is 9.53 Å². The minimum absolute atomic E-state index is 0.108. The van der Waals surface area contributed by atoms with Gasteiger partial charge >= 0.3 is 0 Å². The van der Waals surface area contributed by atoms with Gasteiger partial charge in [0, 0.05) is 20.3 Å². The second-order valence-corrected chi connectivity index (χ2v) is 7.47. The predicted octanol–water partition coefficient (Wildman–Crippen LogP) is 5.21. The number of ether oxygens (including phenoxy) is 1. The first kappa shape index (κ1) is 25.4. The Balaban J connectivity index is 3.09. The van der Waals surface area contributed by atoms with Gasteiger partial charge in [0.1, 0.15) is 0 Å². The van der Waals surface area contributed by atoms with E-state index in [1.165, 1.54) is 83.5 Å². The summed E-state index contributed by atoms with van der Waals surface area (Å²) >= 11 is 0.